The summed E-state index contributed by atoms with van der Waals surface area (Å²) in [5.41, 5.74) is 3.68. The van der Waals surface area contributed by atoms with E-state index < -0.39 is 10.8 Å². The second-order valence-electron chi connectivity index (χ2n) is 7.63. The molecular weight excluding hydrogens is 358 g/mol. The zero-order valence-corrected chi connectivity index (χ0v) is 17.4. The van der Waals surface area contributed by atoms with Gasteiger partial charge in [0, 0.05) is 47.0 Å². The third-order valence-electron chi connectivity index (χ3n) is 5.91. The van der Waals surface area contributed by atoms with Gasteiger partial charge in [0.15, 0.2) is 5.96 Å². The molecule has 0 spiro atoms. The van der Waals surface area contributed by atoms with Crippen LogP contribution < -0.4 is 10.6 Å². The molecule has 1 saturated carbocycles. The molecule has 6 heteroatoms. The van der Waals surface area contributed by atoms with E-state index in [0.717, 1.165) is 55.8 Å². The van der Waals surface area contributed by atoms with Gasteiger partial charge in [0.05, 0.1) is 0 Å². The Morgan fingerprint density at radius 3 is 2.85 bits per heavy atom. The van der Waals surface area contributed by atoms with E-state index in [1.165, 1.54) is 24.0 Å². The van der Waals surface area contributed by atoms with Gasteiger partial charge in [0.1, 0.15) is 5.75 Å². The molecule has 3 rings (SSSR count). The fourth-order valence-corrected chi connectivity index (χ4v) is 5.75. The van der Waals surface area contributed by atoms with Crippen molar-refractivity contribution in [2.45, 2.75) is 76.1 Å². The van der Waals surface area contributed by atoms with E-state index >= 15 is 0 Å². The smallest absolute Gasteiger partial charge is 0.191 e. The molecule has 0 bridgehead atoms. The summed E-state index contributed by atoms with van der Waals surface area (Å²) in [7, 11) is 1.06. The molecule has 27 heavy (non-hydrogen) atoms. The third-order valence-corrected chi connectivity index (χ3v) is 7.65. The number of aliphatic imine (C=N–C) groups is 1. The van der Waals surface area contributed by atoms with E-state index in [0.29, 0.717) is 23.6 Å². The van der Waals surface area contributed by atoms with E-state index in [9.17, 15) is 9.32 Å². The second kappa shape index (κ2) is 9.58. The van der Waals surface area contributed by atoms with Crippen LogP contribution in [0.5, 0.6) is 5.75 Å². The number of hydrogen-bond donors (Lipinski definition) is 3. The summed E-state index contributed by atoms with van der Waals surface area (Å²) in [5, 5.41) is 17.6. The molecule has 0 saturated heterocycles. The maximum atomic E-state index is 12.2. The minimum atomic E-state index is -0.722. The van der Waals surface area contributed by atoms with E-state index in [1.54, 1.807) is 7.05 Å². The first-order chi connectivity index (χ1) is 13.1. The lowest BCUT2D eigenvalue weighted by molar-refractivity contribution is 0.413. The van der Waals surface area contributed by atoms with Crippen molar-refractivity contribution in [3.63, 3.8) is 0 Å². The SMILES string of the molecule is CCS(=O)C1CCCC(NC(=NC)NCc2c(O)ccc3c2CCCC3)C1. The van der Waals surface area contributed by atoms with Gasteiger partial charge in [-0.3, -0.25) is 9.20 Å². The Hall–Kier alpha value is -1.56. The van der Waals surface area contributed by atoms with Crippen molar-refractivity contribution in [3.05, 3.63) is 28.8 Å². The fourth-order valence-electron chi connectivity index (χ4n) is 4.40. The normalized spacial score (nSPS) is 24.1. The number of phenolic OH excluding ortho intramolecular Hbond substituents is 1. The summed E-state index contributed by atoms with van der Waals surface area (Å²) < 4.78 is 12.2. The van der Waals surface area contributed by atoms with Crippen LogP contribution in [0.1, 0.15) is 62.1 Å². The number of aromatic hydroxyl groups is 1. The van der Waals surface area contributed by atoms with Crippen LogP contribution in [0.2, 0.25) is 0 Å². The van der Waals surface area contributed by atoms with Gasteiger partial charge in [-0.25, -0.2) is 0 Å². The standard InChI is InChI=1S/C21H33N3O2S/c1-3-27(26)17-9-6-8-16(13-17)24-21(22-2)23-14-19-18-10-5-4-7-15(18)11-12-20(19)25/h11-12,16-17,25H,3-10,13-14H2,1-2H3,(H2,22,23,24). The van der Waals surface area contributed by atoms with Gasteiger partial charge in [-0.15, -0.1) is 0 Å². The Balaban J connectivity index is 1.61. The van der Waals surface area contributed by atoms with E-state index in [2.05, 4.69) is 21.7 Å². The summed E-state index contributed by atoms with van der Waals surface area (Å²) in [6, 6.07) is 4.20. The van der Waals surface area contributed by atoms with Crippen LogP contribution in [0.3, 0.4) is 0 Å². The molecule has 1 aromatic carbocycles. The van der Waals surface area contributed by atoms with Crippen molar-refractivity contribution in [2.75, 3.05) is 12.8 Å². The van der Waals surface area contributed by atoms with Gasteiger partial charge in [0.25, 0.3) is 0 Å². The highest BCUT2D eigenvalue weighted by Gasteiger charge is 2.26. The number of benzene rings is 1. The molecule has 2 aliphatic carbocycles. The first kappa shape index (κ1) is 20.2. The zero-order chi connectivity index (χ0) is 19.2. The van der Waals surface area contributed by atoms with Crippen LogP contribution in [0.4, 0.5) is 0 Å². The maximum Gasteiger partial charge on any atom is 0.191 e. The van der Waals surface area contributed by atoms with Crippen molar-refractivity contribution in [3.8, 4) is 5.75 Å². The monoisotopic (exact) mass is 391 g/mol. The number of guanidine groups is 1. The zero-order valence-electron chi connectivity index (χ0n) is 16.6. The molecule has 0 amide bonds. The summed E-state index contributed by atoms with van der Waals surface area (Å²) in [5.74, 6) is 1.87. The molecule has 1 aromatic rings. The van der Waals surface area contributed by atoms with Gasteiger partial charge in [-0.05, 0) is 62.1 Å². The van der Waals surface area contributed by atoms with Gasteiger partial charge in [0.2, 0.25) is 0 Å². The molecule has 3 N–H and O–H groups in total. The molecule has 0 aromatic heterocycles. The Labute approximate surface area is 165 Å². The third kappa shape index (κ3) is 5.03. The molecule has 2 aliphatic rings. The van der Waals surface area contributed by atoms with Crippen LogP contribution in [0.25, 0.3) is 0 Å². The summed E-state index contributed by atoms with van der Waals surface area (Å²) in [4.78, 5) is 4.37. The van der Waals surface area contributed by atoms with Crippen molar-refractivity contribution < 1.29 is 9.32 Å². The Kier molecular flexibility index (Phi) is 7.16. The quantitative estimate of drug-likeness (QED) is 0.533. The van der Waals surface area contributed by atoms with Crippen molar-refractivity contribution in [1.82, 2.24) is 10.6 Å². The fraction of sp³-hybridized carbons (Fsp3) is 0.667. The molecule has 1 fully saturated rings. The lowest BCUT2D eigenvalue weighted by Gasteiger charge is -2.30. The predicted molar refractivity (Wildman–Crippen MR) is 113 cm³/mol. The van der Waals surface area contributed by atoms with Gasteiger partial charge in [-0.1, -0.05) is 19.4 Å². The molecule has 0 radical (unpaired) electrons. The Morgan fingerprint density at radius 1 is 1.26 bits per heavy atom. The minimum Gasteiger partial charge on any atom is -0.508 e. The largest absolute Gasteiger partial charge is 0.508 e. The number of fused-ring (bicyclic) bond motifs is 1. The Bertz CT molecular complexity index is 705. The van der Waals surface area contributed by atoms with Crippen molar-refractivity contribution >= 4 is 16.8 Å². The summed E-state index contributed by atoms with van der Waals surface area (Å²) >= 11 is 0. The average Bonchev–Trinajstić information content (AvgIpc) is 2.71. The van der Waals surface area contributed by atoms with E-state index in [-0.39, 0.29) is 0 Å². The van der Waals surface area contributed by atoms with Gasteiger partial charge in [-0.2, -0.15) is 0 Å². The molecule has 0 heterocycles. The lowest BCUT2D eigenvalue weighted by atomic mass is 9.88. The number of rotatable bonds is 5. The highest BCUT2D eigenvalue weighted by atomic mass is 32.2. The topological polar surface area (TPSA) is 73.7 Å². The predicted octanol–water partition coefficient (Wildman–Crippen LogP) is 3.02. The molecule has 5 nitrogen and oxygen atoms in total. The first-order valence-electron chi connectivity index (χ1n) is 10.3. The lowest BCUT2D eigenvalue weighted by Crippen LogP contribution is -2.46. The van der Waals surface area contributed by atoms with Crippen LogP contribution in [-0.4, -0.2) is 39.4 Å². The molecule has 0 aliphatic heterocycles. The number of hydrogen-bond acceptors (Lipinski definition) is 3. The van der Waals surface area contributed by atoms with Crippen LogP contribution in [0.15, 0.2) is 17.1 Å². The van der Waals surface area contributed by atoms with Crippen LogP contribution in [0, 0.1) is 0 Å². The van der Waals surface area contributed by atoms with Crippen molar-refractivity contribution in [1.29, 1.82) is 0 Å². The van der Waals surface area contributed by atoms with Crippen molar-refractivity contribution in [2.24, 2.45) is 4.99 Å². The van der Waals surface area contributed by atoms with Crippen LogP contribution >= 0.6 is 0 Å². The summed E-state index contributed by atoms with van der Waals surface area (Å²) in [6.07, 6.45) is 8.77. The van der Waals surface area contributed by atoms with E-state index in [1.807, 2.05) is 13.0 Å². The number of nitrogens with zero attached hydrogens (tertiary/aromatic N) is 1. The molecule has 150 valence electrons. The highest BCUT2D eigenvalue weighted by Crippen LogP contribution is 2.30. The van der Waals surface area contributed by atoms with Crippen LogP contribution in [-0.2, 0) is 30.2 Å². The Morgan fingerprint density at radius 2 is 2.07 bits per heavy atom. The molecule has 3 unspecified atom stereocenters. The average molecular weight is 392 g/mol. The summed E-state index contributed by atoms with van der Waals surface area (Å²) in [6.45, 7) is 2.58. The van der Waals surface area contributed by atoms with Gasteiger partial charge >= 0.3 is 0 Å². The number of phenols is 1. The second-order valence-corrected chi connectivity index (χ2v) is 9.64. The highest BCUT2D eigenvalue weighted by molar-refractivity contribution is 7.85. The molecular formula is C21H33N3O2S. The number of aryl methyl sites for hydroxylation is 1. The van der Waals surface area contributed by atoms with Gasteiger partial charge < -0.3 is 15.7 Å². The maximum absolute atomic E-state index is 12.2. The van der Waals surface area contributed by atoms with E-state index in [4.69, 9.17) is 0 Å². The number of nitrogens with one attached hydrogen (secondary N) is 2. The molecule has 3 atom stereocenters. The first-order valence-corrected chi connectivity index (χ1v) is 11.7. The minimum absolute atomic E-state index is 0.296.